The lowest BCUT2D eigenvalue weighted by Gasteiger charge is -2.07. The fourth-order valence-electron chi connectivity index (χ4n) is 1.63. The predicted molar refractivity (Wildman–Crippen MR) is 80.8 cm³/mol. The summed E-state index contributed by atoms with van der Waals surface area (Å²) in [6.07, 6.45) is 0.909. The lowest BCUT2D eigenvalue weighted by Crippen LogP contribution is -2.29. The van der Waals surface area contributed by atoms with E-state index in [1.165, 1.54) is 11.3 Å². The van der Waals surface area contributed by atoms with Gasteiger partial charge in [0.1, 0.15) is 5.75 Å². The lowest BCUT2D eigenvalue weighted by atomic mass is 10.2. The molecule has 106 valence electrons. The van der Waals surface area contributed by atoms with Gasteiger partial charge in [0.05, 0.1) is 5.69 Å². The third kappa shape index (κ3) is 3.96. The Kier molecular flexibility index (Phi) is 4.95. The Bertz CT molecular complexity index is 583. The van der Waals surface area contributed by atoms with E-state index in [1.807, 2.05) is 36.6 Å². The SMILES string of the molecule is CCCNC(=O)COc1cccc(-c2csc(N)n2)c1. The number of carbonyl (C=O) groups is 1. The third-order valence-corrected chi connectivity index (χ3v) is 3.27. The summed E-state index contributed by atoms with van der Waals surface area (Å²) in [5.41, 5.74) is 7.36. The van der Waals surface area contributed by atoms with Gasteiger partial charge >= 0.3 is 0 Å². The van der Waals surface area contributed by atoms with E-state index in [0.29, 0.717) is 17.4 Å². The second-order valence-corrected chi connectivity index (χ2v) is 5.13. The molecule has 0 fully saturated rings. The quantitative estimate of drug-likeness (QED) is 0.856. The lowest BCUT2D eigenvalue weighted by molar-refractivity contribution is -0.123. The number of nitrogen functional groups attached to an aromatic ring is 1. The average Bonchev–Trinajstić information content (AvgIpc) is 2.90. The Balaban J connectivity index is 1.98. The molecular weight excluding hydrogens is 274 g/mol. The number of amides is 1. The van der Waals surface area contributed by atoms with Gasteiger partial charge in [0.15, 0.2) is 11.7 Å². The highest BCUT2D eigenvalue weighted by Crippen LogP contribution is 2.26. The maximum absolute atomic E-state index is 11.5. The molecular formula is C14H17N3O2S. The Morgan fingerprint density at radius 2 is 2.35 bits per heavy atom. The highest BCUT2D eigenvalue weighted by Gasteiger charge is 2.05. The van der Waals surface area contributed by atoms with Crippen molar-refractivity contribution in [1.29, 1.82) is 0 Å². The maximum Gasteiger partial charge on any atom is 0.257 e. The van der Waals surface area contributed by atoms with Crippen LogP contribution in [0.4, 0.5) is 5.13 Å². The number of thiazole rings is 1. The zero-order valence-corrected chi connectivity index (χ0v) is 12.1. The maximum atomic E-state index is 11.5. The summed E-state index contributed by atoms with van der Waals surface area (Å²) in [4.78, 5) is 15.7. The van der Waals surface area contributed by atoms with E-state index in [1.54, 1.807) is 0 Å². The number of nitrogens with zero attached hydrogens (tertiary/aromatic N) is 1. The van der Waals surface area contributed by atoms with Crippen molar-refractivity contribution < 1.29 is 9.53 Å². The first-order valence-electron chi connectivity index (χ1n) is 6.40. The second-order valence-electron chi connectivity index (χ2n) is 4.24. The van der Waals surface area contributed by atoms with Crippen LogP contribution in [0.2, 0.25) is 0 Å². The molecule has 3 N–H and O–H groups in total. The van der Waals surface area contributed by atoms with Gasteiger partial charge in [0.2, 0.25) is 0 Å². The van der Waals surface area contributed by atoms with Crippen molar-refractivity contribution >= 4 is 22.4 Å². The monoisotopic (exact) mass is 291 g/mol. The number of nitrogens with one attached hydrogen (secondary N) is 1. The molecule has 0 saturated heterocycles. The molecule has 20 heavy (non-hydrogen) atoms. The van der Waals surface area contributed by atoms with Gasteiger partial charge in [-0.3, -0.25) is 4.79 Å². The van der Waals surface area contributed by atoms with Crippen LogP contribution in [-0.2, 0) is 4.79 Å². The minimum Gasteiger partial charge on any atom is -0.484 e. The molecule has 0 saturated carbocycles. The van der Waals surface area contributed by atoms with Gasteiger partial charge in [-0.2, -0.15) is 0 Å². The van der Waals surface area contributed by atoms with Crippen molar-refractivity contribution in [3.8, 4) is 17.0 Å². The van der Waals surface area contributed by atoms with Crippen LogP contribution in [-0.4, -0.2) is 24.0 Å². The number of hydrogen-bond donors (Lipinski definition) is 2. The van der Waals surface area contributed by atoms with Crippen molar-refractivity contribution in [2.24, 2.45) is 0 Å². The minimum absolute atomic E-state index is 0.0165. The molecule has 0 radical (unpaired) electrons. The van der Waals surface area contributed by atoms with Gasteiger partial charge in [-0.1, -0.05) is 19.1 Å². The number of rotatable bonds is 6. The predicted octanol–water partition coefficient (Wildman–Crippen LogP) is 2.30. The largest absolute Gasteiger partial charge is 0.484 e. The number of anilines is 1. The summed E-state index contributed by atoms with van der Waals surface area (Å²) in [6, 6.07) is 7.45. The summed E-state index contributed by atoms with van der Waals surface area (Å²) in [7, 11) is 0. The Morgan fingerprint density at radius 3 is 3.05 bits per heavy atom. The number of benzene rings is 1. The van der Waals surface area contributed by atoms with Crippen LogP contribution >= 0.6 is 11.3 Å². The Hall–Kier alpha value is -2.08. The number of hydrogen-bond acceptors (Lipinski definition) is 5. The van der Waals surface area contributed by atoms with Gasteiger partial charge in [-0.15, -0.1) is 11.3 Å². The van der Waals surface area contributed by atoms with Crippen LogP contribution in [0.25, 0.3) is 11.3 Å². The topological polar surface area (TPSA) is 77.2 Å². The van der Waals surface area contributed by atoms with Crippen LogP contribution in [0, 0.1) is 0 Å². The highest BCUT2D eigenvalue weighted by atomic mass is 32.1. The van der Waals surface area contributed by atoms with Crippen molar-refractivity contribution in [3.05, 3.63) is 29.6 Å². The van der Waals surface area contributed by atoms with Crippen molar-refractivity contribution in [2.45, 2.75) is 13.3 Å². The van der Waals surface area contributed by atoms with Crippen LogP contribution in [0.1, 0.15) is 13.3 Å². The molecule has 0 spiro atoms. The van der Waals surface area contributed by atoms with E-state index in [2.05, 4.69) is 10.3 Å². The fourth-order valence-corrected chi connectivity index (χ4v) is 2.20. The van der Waals surface area contributed by atoms with Gasteiger partial charge in [-0.25, -0.2) is 4.98 Å². The molecule has 1 aromatic carbocycles. The normalized spacial score (nSPS) is 10.2. The molecule has 1 heterocycles. The first kappa shape index (κ1) is 14.3. The zero-order valence-electron chi connectivity index (χ0n) is 11.3. The fraction of sp³-hybridized carbons (Fsp3) is 0.286. The molecule has 0 aliphatic heterocycles. The molecule has 2 rings (SSSR count). The summed E-state index contributed by atoms with van der Waals surface area (Å²) >= 11 is 1.39. The van der Waals surface area contributed by atoms with Crippen molar-refractivity contribution in [1.82, 2.24) is 10.3 Å². The summed E-state index contributed by atoms with van der Waals surface area (Å²) in [5, 5.41) is 5.18. The standard InChI is InChI=1S/C14H17N3O2S/c1-2-6-16-13(18)8-19-11-5-3-4-10(7-11)12-9-20-14(15)17-12/h3-5,7,9H,2,6,8H2,1H3,(H2,15,17)(H,16,18). The first-order chi connectivity index (χ1) is 9.69. The first-order valence-corrected chi connectivity index (χ1v) is 7.28. The Labute approximate surface area is 121 Å². The molecule has 6 heteroatoms. The number of carbonyl (C=O) groups excluding carboxylic acids is 1. The van der Waals surface area contributed by atoms with Gasteiger partial charge in [0.25, 0.3) is 5.91 Å². The number of nitrogens with two attached hydrogens (primary N) is 1. The Morgan fingerprint density at radius 1 is 1.50 bits per heavy atom. The van der Waals surface area contributed by atoms with E-state index >= 15 is 0 Å². The van der Waals surface area contributed by atoms with Crippen LogP contribution < -0.4 is 15.8 Å². The van der Waals surface area contributed by atoms with Crippen LogP contribution in [0.15, 0.2) is 29.6 Å². The van der Waals surface area contributed by atoms with E-state index in [4.69, 9.17) is 10.5 Å². The highest BCUT2D eigenvalue weighted by molar-refractivity contribution is 7.13. The summed E-state index contributed by atoms with van der Waals surface area (Å²) in [6.45, 7) is 2.69. The minimum atomic E-state index is -0.116. The van der Waals surface area contributed by atoms with E-state index < -0.39 is 0 Å². The van der Waals surface area contributed by atoms with Gasteiger partial charge in [0, 0.05) is 17.5 Å². The molecule has 5 nitrogen and oxygen atoms in total. The summed E-state index contributed by atoms with van der Waals surface area (Å²) in [5.74, 6) is 0.524. The third-order valence-electron chi connectivity index (χ3n) is 2.59. The smallest absolute Gasteiger partial charge is 0.257 e. The molecule has 0 atom stereocenters. The van der Waals surface area contributed by atoms with Gasteiger partial charge < -0.3 is 15.8 Å². The molecule has 1 amide bonds. The average molecular weight is 291 g/mol. The van der Waals surface area contributed by atoms with Crippen molar-refractivity contribution in [2.75, 3.05) is 18.9 Å². The van der Waals surface area contributed by atoms with E-state index in [-0.39, 0.29) is 12.5 Å². The molecule has 0 aliphatic carbocycles. The molecule has 1 aromatic heterocycles. The zero-order chi connectivity index (χ0) is 14.4. The van der Waals surface area contributed by atoms with Crippen molar-refractivity contribution in [3.63, 3.8) is 0 Å². The van der Waals surface area contributed by atoms with Crippen LogP contribution in [0.3, 0.4) is 0 Å². The summed E-state index contributed by atoms with van der Waals surface area (Å²) < 4.78 is 5.47. The second kappa shape index (κ2) is 6.91. The van der Waals surface area contributed by atoms with E-state index in [0.717, 1.165) is 17.7 Å². The molecule has 2 aromatic rings. The molecule has 0 aliphatic rings. The van der Waals surface area contributed by atoms with Gasteiger partial charge in [-0.05, 0) is 18.6 Å². The number of ether oxygens (including phenoxy) is 1. The molecule has 0 bridgehead atoms. The number of aromatic nitrogens is 1. The van der Waals surface area contributed by atoms with Crippen LogP contribution in [0.5, 0.6) is 5.75 Å². The van der Waals surface area contributed by atoms with E-state index in [9.17, 15) is 4.79 Å². The molecule has 0 unspecified atom stereocenters.